The summed E-state index contributed by atoms with van der Waals surface area (Å²) in [6, 6.07) is 0. The van der Waals surface area contributed by atoms with Gasteiger partial charge in [-0.1, -0.05) is 6.58 Å². The molecule has 1 fully saturated rings. The van der Waals surface area contributed by atoms with Crippen molar-refractivity contribution in [3.63, 3.8) is 0 Å². The zero-order chi connectivity index (χ0) is 5.98. The fourth-order valence-corrected chi connectivity index (χ4v) is 0.785. The topological polar surface area (TPSA) is 29.5 Å². The quantitative estimate of drug-likeness (QED) is 0.534. The van der Waals surface area contributed by atoms with E-state index in [0.717, 1.165) is 12.8 Å². The Labute approximate surface area is 48.8 Å². The van der Waals surface area contributed by atoms with E-state index in [2.05, 4.69) is 6.58 Å². The maximum atomic E-state index is 8.73. The lowest BCUT2D eigenvalue weighted by Gasteiger charge is -2.29. The first kappa shape index (κ1) is 5.63. The molecule has 1 saturated carbocycles. The van der Waals surface area contributed by atoms with Crippen molar-refractivity contribution in [2.75, 3.05) is 0 Å². The molecule has 0 aromatic carbocycles. The lowest BCUT2D eigenvalue weighted by atomic mass is 9.92. The molecule has 0 aliphatic heterocycles. The van der Waals surface area contributed by atoms with Crippen LogP contribution in [0.15, 0.2) is 12.8 Å². The molecule has 8 heavy (non-hydrogen) atoms. The third-order valence-corrected chi connectivity index (χ3v) is 1.36. The molecule has 1 N–H and O–H groups in total. The summed E-state index contributed by atoms with van der Waals surface area (Å²) in [7, 11) is 0. The summed E-state index contributed by atoms with van der Waals surface area (Å²) in [6.07, 6.45) is 3.08. The van der Waals surface area contributed by atoms with Crippen molar-refractivity contribution in [3.05, 3.63) is 12.8 Å². The molecule has 0 saturated heterocycles. The van der Waals surface area contributed by atoms with Gasteiger partial charge in [-0.15, -0.1) is 0 Å². The summed E-state index contributed by atoms with van der Waals surface area (Å²) in [5.74, 6) is 0. The number of rotatable bonds is 2. The molecule has 0 radical (unpaired) electrons. The molecule has 46 valence electrons. The van der Waals surface area contributed by atoms with Crippen LogP contribution < -0.4 is 0 Å². The monoisotopic (exact) mass is 114 g/mol. The molecule has 0 aromatic heterocycles. The number of hydrogen-bond donors (Lipinski definition) is 1. The van der Waals surface area contributed by atoms with Gasteiger partial charge >= 0.3 is 0 Å². The van der Waals surface area contributed by atoms with Gasteiger partial charge in [0.2, 0.25) is 0 Å². The fourth-order valence-electron chi connectivity index (χ4n) is 0.785. The zero-order valence-corrected chi connectivity index (χ0v) is 4.71. The van der Waals surface area contributed by atoms with E-state index in [9.17, 15) is 0 Å². The summed E-state index contributed by atoms with van der Waals surface area (Å²) in [5.41, 5.74) is 0. The Bertz CT molecular complexity index is 84.5. The molecule has 0 unspecified atom stereocenters. The average molecular weight is 114 g/mol. The fraction of sp³-hybridized carbons (Fsp3) is 0.667. The Morgan fingerprint density at radius 1 is 1.62 bits per heavy atom. The van der Waals surface area contributed by atoms with Crippen LogP contribution in [0, 0.1) is 0 Å². The molecule has 0 aromatic rings. The van der Waals surface area contributed by atoms with Gasteiger partial charge in [-0.2, -0.15) is 0 Å². The molecule has 2 nitrogen and oxygen atoms in total. The molecular weight excluding hydrogens is 104 g/mol. The van der Waals surface area contributed by atoms with Gasteiger partial charge in [-0.05, 0) is 0 Å². The number of ether oxygens (including phenoxy) is 1. The lowest BCUT2D eigenvalue weighted by Crippen LogP contribution is -2.33. The predicted molar refractivity (Wildman–Crippen MR) is 30.3 cm³/mol. The second-order valence-electron chi connectivity index (χ2n) is 2.05. The third-order valence-electron chi connectivity index (χ3n) is 1.36. The van der Waals surface area contributed by atoms with Gasteiger partial charge in [0.05, 0.1) is 12.4 Å². The molecule has 1 aliphatic carbocycles. The smallest absolute Gasteiger partial charge is 0.103 e. The summed E-state index contributed by atoms with van der Waals surface area (Å²) < 4.78 is 4.95. The minimum atomic E-state index is -0.125. The Balaban J connectivity index is 2.06. The molecular formula is C6H10O2. The highest BCUT2D eigenvalue weighted by atomic mass is 16.5. The van der Waals surface area contributed by atoms with Gasteiger partial charge in [0.1, 0.15) is 6.10 Å². The minimum absolute atomic E-state index is 0.125. The van der Waals surface area contributed by atoms with Crippen LogP contribution in [0.25, 0.3) is 0 Å². The molecule has 0 spiro atoms. The number of hydrogen-bond acceptors (Lipinski definition) is 2. The van der Waals surface area contributed by atoms with Crippen LogP contribution in [-0.4, -0.2) is 17.3 Å². The summed E-state index contributed by atoms with van der Waals surface area (Å²) in [4.78, 5) is 0. The summed E-state index contributed by atoms with van der Waals surface area (Å²) in [5, 5.41) is 8.73. The van der Waals surface area contributed by atoms with Crippen molar-refractivity contribution in [1.82, 2.24) is 0 Å². The maximum absolute atomic E-state index is 8.73. The van der Waals surface area contributed by atoms with E-state index in [1.807, 2.05) is 0 Å². The van der Waals surface area contributed by atoms with E-state index in [1.54, 1.807) is 0 Å². The van der Waals surface area contributed by atoms with Gasteiger partial charge in [0.25, 0.3) is 0 Å². The Morgan fingerprint density at radius 2 is 2.25 bits per heavy atom. The standard InChI is InChI=1S/C6H10O2/c1-2-8-6-3-5(7)4-6/h2,5-7H,1,3-4H2. The first-order valence-corrected chi connectivity index (χ1v) is 2.77. The van der Waals surface area contributed by atoms with Crippen molar-refractivity contribution in [1.29, 1.82) is 0 Å². The van der Waals surface area contributed by atoms with E-state index in [0.29, 0.717) is 0 Å². The largest absolute Gasteiger partial charge is 0.498 e. The first-order valence-electron chi connectivity index (χ1n) is 2.77. The van der Waals surface area contributed by atoms with Crippen molar-refractivity contribution >= 4 is 0 Å². The molecule has 0 amide bonds. The third kappa shape index (κ3) is 1.01. The molecule has 0 bridgehead atoms. The first-order chi connectivity index (χ1) is 3.83. The zero-order valence-electron chi connectivity index (χ0n) is 4.71. The van der Waals surface area contributed by atoms with Crippen LogP contribution in [0.2, 0.25) is 0 Å². The van der Waals surface area contributed by atoms with E-state index in [-0.39, 0.29) is 12.2 Å². The molecule has 0 heterocycles. The van der Waals surface area contributed by atoms with Gasteiger partial charge < -0.3 is 9.84 Å². The summed E-state index contributed by atoms with van der Waals surface area (Å²) in [6.45, 7) is 3.40. The van der Waals surface area contributed by atoms with Crippen molar-refractivity contribution in [3.8, 4) is 0 Å². The van der Waals surface area contributed by atoms with E-state index in [1.165, 1.54) is 6.26 Å². The van der Waals surface area contributed by atoms with E-state index in [4.69, 9.17) is 9.84 Å². The van der Waals surface area contributed by atoms with Crippen LogP contribution in [-0.2, 0) is 4.74 Å². The average Bonchev–Trinajstić information content (AvgIpc) is 1.64. The highest BCUT2D eigenvalue weighted by Crippen LogP contribution is 2.22. The highest BCUT2D eigenvalue weighted by molar-refractivity contribution is 4.80. The molecule has 2 heteroatoms. The Morgan fingerprint density at radius 3 is 2.62 bits per heavy atom. The number of aliphatic hydroxyl groups is 1. The van der Waals surface area contributed by atoms with Gasteiger partial charge in [0.15, 0.2) is 0 Å². The SMILES string of the molecule is C=COC1CC(O)C1. The Kier molecular flexibility index (Phi) is 1.53. The van der Waals surface area contributed by atoms with Gasteiger partial charge in [-0.3, -0.25) is 0 Å². The van der Waals surface area contributed by atoms with Crippen LogP contribution in [0.1, 0.15) is 12.8 Å². The predicted octanol–water partition coefficient (Wildman–Crippen LogP) is 0.670. The van der Waals surface area contributed by atoms with Crippen molar-refractivity contribution in [2.24, 2.45) is 0 Å². The van der Waals surface area contributed by atoms with Gasteiger partial charge in [0, 0.05) is 12.8 Å². The number of aliphatic hydroxyl groups excluding tert-OH is 1. The normalized spacial score (nSPS) is 35.6. The van der Waals surface area contributed by atoms with Crippen LogP contribution in [0.5, 0.6) is 0 Å². The highest BCUT2D eigenvalue weighted by Gasteiger charge is 2.27. The Hall–Kier alpha value is -0.500. The summed E-state index contributed by atoms with van der Waals surface area (Å²) >= 11 is 0. The maximum Gasteiger partial charge on any atom is 0.103 e. The molecule has 0 atom stereocenters. The van der Waals surface area contributed by atoms with Crippen LogP contribution >= 0.6 is 0 Å². The van der Waals surface area contributed by atoms with Crippen LogP contribution in [0.3, 0.4) is 0 Å². The van der Waals surface area contributed by atoms with Crippen molar-refractivity contribution in [2.45, 2.75) is 25.0 Å². The minimum Gasteiger partial charge on any atom is -0.498 e. The lowest BCUT2D eigenvalue weighted by molar-refractivity contribution is -0.0328. The molecule has 1 rings (SSSR count). The van der Waals surface area contributed by atoms with Crippen LogP contribution in [0.4, 0.5) is 0 Å². The molecule has 1 aliphatic rings. The van der Waals surface area contributed by atoms with Crippen molar-refractivity contribution < 1.29 is 9.84 Å². The van der Waals surface area contributed by atoms with E-state index >= 15 is 0 Å². The van der Waals surface area contributed by atoms with E-state index < -0.39 is 0 Å². The second-order valence-corrected chi connectivity index (χ2v) is 2.05. The second kappa shape index (κ2) is 2.18. The van der Waals surface area contributed by atoms with Gasteiger partial charge in [-0.25, -0.2) is 0 Å².